The molecule has 1 aromatic carbocycles. The van der Waals surface area contributed by atoms with Crippen molar-refractivity contribution in [1.29, 1.82) is 0 Å². The van der Waals surface area contributed by atoms with Gasteiger partial charge in [0.05, 0.1) is 25.8 Å². The summed E-state index contributed by atoms with van der Waals surface area (Å²) in [5, 5.41) is 5.57. The molecule has 140 valence electrons. The van der Waals surface area contributed by atoms with E-state index in [0.29, 0.717) is 31.1 Å². The van der Waals surface area contributed by atoms with Gasteiger partial charge in [0.1, 0.15) is 0 Å². The Morgan fingerprint density at radius 2 is 1.64 bits per heavy atom. The van der Waals surface area contributed by atoms with E-state index in [2.05, 4.69) is 10.6 Å². The molecule has 0 aliphatic heterocycles. The minimum atomic E-state index is -0.215. The predicted octanol–water partition coefficient (Wildman–Crippen LogP) is 2.82. The number of amides is 2. The standard InChI is InChI=1S/C19H30N2O4/c1-6-17(22)20-12-18(23)21-19(13(4)5)14-9-10-15(24-7-2)16(11-14)25-8-3/h9-11,13,19H,6-8,12H2,1-5H3,(H,20,22)(H,21,23). The van der Waals surface area contributed by atoms with Gasteiger partial charge < -0.3 is 20.1 Å². The molecule has 0 aromatic heterocycles. The lowest BCUT2D eigenvalue weighted by Gasteiger charge is -2.24. The Bertz CT molecular complexity index is 573. The molecule has 0 fully saturated rings. The number of hydrogen-bond acceptors (Lipinski definition) is 4. The number of ether oxygens (including phenoxy) is 2. The van der Waals surface area contributed by atoms with Crippen LogP contribution in [-0.4, -0.2) is 31.6 Å². The molecular weight excluding hydrogens is 320 g/mol. The van der Waals surface area contributed by atoms with E-state index in [1.165, 1.54) is 0 Å². The smallest absolute Gasteiger partial charge is 0.239 e. The van der Waals surface area contributed by atoms with E-state index in [4.69, 9.17) is 9.47 Å². The van der Waals surface area contributed by atoms with Crippen LogP contribution in [0.2, 0.25) is 0 Å². The molecule has 0 spiro atoms. The van der Waals surface area contributed by atoms with Crippen molar-refractivity contribution in [3.05, 3.63) is 23.8 Å². The summed E-state index contributed by atoms with van der Waals surface area (Å²) in [7, 11) is 0. The fourth-order valence-electron chi connectivity index (χ4n) is 2.42. The molecule has 1 unspecified atom stereocenters. The van der Waals surface area contributed by atoms with Crippen molar-refractivity contribution >= 4 is 11.8 Å². The van der Waals surface area contributed by atoms with Crippen LogP contribution in [0.4, 0.5) is 0 Å². The van der Waals surface area contributed by atoms with Crippen LogP contribution < -0.4 is 20.1 Å². The fourth-order valence-corrected chi connectivity index (χ4v) is 2.42. The number of benzene rings is 1. The van der Waals surface area contributed by atoms with Gasteiger partial charge in [0.15, 0.2) is 11.5 Å². The SMILES string of the molecule is CCOc1ccc(C(NC(=O)CNC(=O)CC)C(C)C)cc1OCC. The van der Waals surface area contributed by atoms with Crippen LogP contribution in [0.25, 0.3) is 0 Å². The average Bonchev–Trinajstić information content (AvgIpc) is 2.59. The Balaban J connectivity index is 2.92. The molecule has 0 saturated heterocycles. The fraction of sp³-hybridized carbons (Fsp3) is 0.579. The highest BCUT2D eigenvalue weighted by atomic mass is 16.5. The second-order valence-corrected chi connectivity index (χ2v) is 5.99. The summed E-state index contributed by atoms with van der Waals surface area (Å²) in [5.41, 5.74) is 0.942. The van der Waals surface area contributed by atoms with Crippen LogP contribution in [0.15, 0.2) is 18.2 Å². The van der Waals surface area contributed by atoms with E-state index >= 15 is 0 Å². The van der Waals surface area contributed by atoms with Gasteiger partial charge in [-0.15, -0.1) is 0 Å². The summed E-state index contributed by atoms with van der Waals surface area (Å²) in [6, 6.07) is 5.53. The minimum absolute atomic E-state index is 0.0226. The summed E-state index contributed by atoms with van der Waals surface area (Å²) < 4.78 is 11.2. The molecule has 2 N–H and O–H groups in total. The molecule has 1 rings (SSSR count). The van der Waals surface area contributed by atoms with Crippen LogP contribution in [0.5, 0.6) is 11.5 Å². The van der Waals surface area contributed by atoms with Crippen LogP contribution in [0.1, 0.15) is 52.6 Å². The van der Waals surface area contributed by atoms with Crippen molar-refractivity contribution in [2.45, 2.75) is 47.1 Å². The van der Waals surface area contributed by atoms with Gasteiger partial charge in [0.25, 0.3) is 0 Å². The van der Waals surface area contributed by atoms with Gasteiger partial charge in [0, 0.05) is 6.42 Å². The first-order chi connectivity index (χ1) is 11.9. The molecule has 1 aromatic rings. The highest BCUT2D eigenvalue weighted by Gasteiger charge is 2.20. The Morgan fingerprint density at radius 1 is 1.00 bits per heavy atom. The van der Waals surface area contributed by atoms with E-state index in [1.54, 1.807) is 6.92 Å². The van der Waals surface area contributed by atoms with Crippen molar-refractivity contribution in [1.82, 2.24) is 10.6 Å². The highest BCUT2D eigenvalue weighted by molar-refractivity contribution is 5.84. The average molecular weight is 350 g/mol. The van der Waals surface area contributed by atoms with Crippen LogP contribution in [0.3, 0.4) is 0 Å². The Hall–Kier alpha value is -2.24. The minimum Gasteiger partial charge on any atom is -0.490 e. The molecule has 0 aliphatic carbocycles. The van der Waals surface area contributed by atoms with Gasteiger partial charge in [-0.2, -0.15) is 0 Å². The topological polar surface area (TPSA) is 76.7 Å². The first kappa shape index (κ1) is 20.8. The molecular formula is C19H30N2O4. The summed E-state index contributed by atoms with van der Waals surface area (Å²) in [6.45, 7) is 10.7. The third kappa shape index (κ3) is 6.64. The van der Waals surface area contributed by atoms with Crippen LogP contribution in [0, 0.1) is 5.92 Å². The second-order valence-electron chi connectivity index (χ2n) is 5.99. The quantitative estimate of drug-likeness (QED) is 0.680. The molecule has 2 amide bonds. The van der Waals surface area contributed by atoms with Crippen LogP contribution >= 0.6 is 0 Å². The number of carbonyl (C=O) groups is 2. The number of carbonyl (C=O) groups excluding carboxylic acids is 2. The summed E-state index contributed by atoms with van der Waals surface area (Å²) in [6.07, 6.45) is 0.359. The molecule has 0 saturated carbocycles. The zero-order valence-electron chi connectivity index (χ0n) is 15.8. The van der Waals surface area contributed by atoms with Crippen molar-refractivity contribution in [3.8, 4) is 11.5 Å². The van der Waals surface area contributed by atoms with Gasteiger partial charge in [-0.1, -0.05) is 26.8 Å². The second kappa shape index (κ2) is 10.6. The molecule has 0 aliphatic rings. The molecule has 1 atom stereocenters. The van der Waals surface area contributed by atoms with Crippen molar-refractivity contribution in [2.75, 3.05) is 19.8 Å². The first-order valence-electron chi connectivity index (χ1n) is 8.88. The molecule has 0 bridgehead atoms. The maximum absolute atomic E-state index is 12.1. The third-order valence-electron chi connectivity index (χ3n) is 3.68. The number of nitrogens with one attached hydrogen (secondary N) is 2. The largest absolute Gasteiger partial charge is 0.490 e. The maximum Gasteiger partial charge on any atom is 0.239 e. The van der Waals surface area contributed by atoms with E-state index in [9.17, 15) is 9.59 Å². The summed E-state index contributed by atoms with van der Waals surface area (Å²) >= 11 is 0. The zero-order valence-corrected chi connectivity index (χ0v) is 15.8. The van der Waals surface area contributed by atoms with Crippen molar-refractivity contribution < 1.29 is 19.1 Å². The van der Waals surface area contributed by atoms with Gasteiger partial charge in [-0.25, -0.2) is 0 Å². The number of rotatable bonds is 10. The maximum atomic E-state index is 12.1. The highest BCUT2D eigenvalue weighted by Crippen LogP contribution is 2.32. The molecule has 6 heteroatoms. The Labute approximate surface area is 150 Å². The Morgan fingerprint density at radius 3 is 2.20 bits per heavy atom. The van der Waals surface area contributed by atoms with Crippen LogP contribution in [-0.2, 0) is 9.59 Å². The van der Waals surface area contributed by atoms with Gasteiger partial charge in [-0.05, 0) is 37.5 Å². The molecule has 6 nitrogen and oxygen atoms in total. The lowest BCUT2D eigenvalue weighted by molar-refractivity contribution is -0.126. The van der Waals surface area contributed by atoms with E-state index in [0.717, 1.165) is 5.56 Å². The van der Waals surface area contributed by atoms with E-state index < -0.39 is 0 Å². The predicted molar refractivity (Wildman–Crippen MR) is 97.8 cm³/mol. The third-order valence-corrected chi connectivity index (χ3v) is 3.68. The molecule has 0 radical (unpaired) electrons. The summed E-state index contributed by atoms with van der Waals surface area (Å²) in [5.74, 6) is 1.18. The van der Waals surface area contributed by atoms with Gasteiger partial charge in [-0.3, -0.25) is 9.59 Å². The first-order valence-corrected chi connectivity index (χ1v) is 8.88. The lowest BCUT2D eigenvalue weighted by atomic mass is 9.95. The van der Waals surface area contributed by atoms with Crippen molar-refractivity contribution in [3.63, 3.8) is 0 Å². The van der Waals surface area contributed by atoms with Crippen molar-refractivity contribution in [2.24, 2.45) is 5.92 Å². The van der Waals surface area contributed by atoms with E-state index in [-0.39, 0.29) is 30.3 Å². The number of hydrogen-bond donors (Lipinski definition) is 2. The monoisotopic (exact) mass is 350 g/mol. The van der Waals surface area contributed by atoms with Gasteiger partial charge >= 0.3 is 0 Å². The Kier molecular flexibility index (Phi) is 8.81. The lowest BCUT2D eigenvalue weighted by Crippen LogP contribution is -2.39. The summed E-state index contributed by atoms with van der Waals surface area (Å²) in [4.78, 5) is 23.4. The van der Waals surface area contributed by atoms with Gasteiger partial charge in [0.2, 0.25) is 11.8 Å². The van der Waals surface area contributed by atoms with E-state index in [1.807, 2.05) is 45.9 Å². The molecule has 0 heterocycles. The zero-order chi connectivity index (χ0) is 18.8. The normalized spacial score (nSPS) is 11.8. The molecule has 25 heavy (non-hydrogen) atoms.